The van der Waals surface area contributed by atoms with Gasteiger partial charge < -0.3 is 20.3 Å². The van der Waals surface area contributed by atoms with Gasteiger partial charge in [-0.1, -0.05) is 339 Å². The number of hydrogen-bond donors (Lipinski definition) is 3. The third-order valence-electron chi connectivity index (χ3n) is 16.2. The van der Waals surface area contributed by atoms with E-state index in [0.29, 0.717) is 19.4 Å². The molecular formula is C71H135NO5. The van der Waals surface area contributed by atoms with Crippen molar-refractivity contribution in [3.05, 3.63) is 36.5 Å². The lowest BCUT2D eigenvalue weighted by molar-refractivity contribution is -0.143. The molecule has 0 aliphatic rings. The first-order chi connectivity index (χ1) is 38.0. The van der Waals surface area contributed by atoms with Crippen molar-refractivity contribution in [3.8, 4) is 0 Å². The summed E-state index contributed by atoms with van der Waals surface area (Å²) in [5.74, 6) is -0.0692. The quantitative estimate of drug-likeness (QED) is 0.0320. The Balaban J connectivity index is 3.43. The van der Waals surface area contributed by atoms with Gasteiger partial charge in [-0.3, -0.25) is 9.59 Å². The van der Waals surface area contributed by atoms with Crippen LogP contribution in [0.15, 0.2) is 36.5 Å². The first-order valence-electron chi connectivity index (χ1n) is 34.8. The highest BCUT2D eigenvalue weighted by Crippen LogP contribution is 2.18. The summed E-state index contributed by atoms with van der Waals surface area (Å²) in [5, 5.41) is 23.3. The van der Waals surface area contributed by atoms with Gasteiger partial charge >= 0.3 is 5.97 Å². The van der Waals surface area contributed by atoms with Gasteiger partial charge in [0, 0.05) is 12.8 Å². The Morgan fingerprint density at radius 2 is 0.649 bits per heavy atom. The molecule has 6 heteroatoms. The Labute approximate surface area is 481 Å². The number of allylic oxidation sites excluding steroid dienone is 5. The summed E-state index contributed by atoms with van der Waals surface area (Å²) in [4.78, 5) is 24.6. The number of ether oxygens (including phenoxy) is 1. The summed E-state index contributed by atoms with van der Waals surface area (Å²) < 4.78 is 5.49. The van der Waals surface area contributed by atoms with Crippen molar-refractivity contribution in [2.24, 2.45) is 0 Å². The lowest BCUT2D eigenvalue weighted by Gasteiger charge is -2.20. The van der Waals surface area contributed by atoms with Crippen LogP contribution in [-0.2, 0) is 14.3 Å². The van der Waals surface area contributed by atoms with E-state index in [1.807, 2.05) is 6.08 Å². The smallest absolute Gasteiger partial charge is 0.305 e. The van der Waals surface area contributed by atoms with Crippen LogP contribution < -0.4 is 5.32 Å². The molecule has 0 heterocycles. The molecule has 77 heavy (non-hydrogen) atoms. The normalized spacial score (nSPS) is 12.7. The van der Waals surface area contributed by atoms with Crippen LogP contribution in [0.4, 0.5) is 0 Å². The highest BCUT2D eigenvalue weighted by molar-refractivity contribution is 5.76. The van der Waals surface area contributed by atoms with Gasteiger partial charge in [-0.2, -0.15) is 0 Å². The fourth-order valence-electron chi connectivity index (χ4n) is 10.8. The molecule has 0 aromatic heterocycles. The average molecular weight is 1080 g/mol. The Bertz CT molecular complexity index is 1250. The van der Waals surface area contributed by atoms with Crippen LogP contribution in [0.1, 0.15) is 380 Å². The van der Waals surface area contributed by atoms with E-state index in [1.165, 1.54) is 302 Å². The number of aliphatic hydroxyl groups is 2. The predicted octanol–water partition coefficient (Wildman–Crippen LogP) is 22.3. The van der Waals surface area contributed by atoms with Crippen molar-refractivity contribution >= 4 is 11.9 Å². The van der Waals surface area contributed by atoms with E-state index in [2.05, 4.69) is 43.5 Å². The molecule has 1 amide bonds. The predicted molar refractivity (Wildman–Crippen MR) is 338 cm³/mol. The monoisotopic (exact) mass is 1080 g/mol. The molecule has 2 atom stereocenters. The summed E-state index contributed by atoms with van der Waals surface area (Å²) in [6.45, 7) is 4.91. The van der Waals surface area contributed by atoms with Crippen LogP contribution in [0.2, 0.25) is 0 Å². The summed E-state index contributed by atoms with van der Waals surface area (Å²) >= 11 is 0. The molecule has 0 aliphatic carbocycles. The lowest BCUT2D eigenvalue weighted by Crippen LogP contribution is -2.45. The Kier molecular flexibility index (Phi) is 64.9. The minimum atomic E-state index is -0.848. The topological polar surface area (TPSA) is 95.9 Å². The van der Waals surface area contributed by atoms with Gasteiger partial charge in [0.15, 0.2) is 0 Å². The molecule has 0 rings (SSSR count). The minimum absolute atomic E-state index is 0.00289. The molecule has 0 spiro atoms. The van der Waals surface area contributed by atoms with Gasteiger partial charge in [0.1, 0.15) is 0 Å². The Morgan fingerprint density at radius 1 is 0.364 bits per heavy atom. The largest absolute Gasteiger partial charge is 0.466 e. The second kappa shape index (κ2) is 66.6. The maximum Gasteiger partial charge on any atom is 0.305 e. The Hall–Kier alpha value is -1.92. The van der Waals surface area contributed by atoms with Crippen molar-refractivity contribution in [1.82, 2.24) is 5.32 Å². The van der Waals surface area contributed by atoms with Crippen LogP contribution in [-0.4, -0.2) is 47.4 Å². The van der Waals surface area contributed by atoms with Gasteiger partial charge in [0.05, 0.1) is 25.4 Å². The van der Waals surface area contributed by atoms with Crippen molar-refractivity contribution in [3.63, 3.8) is 0 Å². The molecule has 0 saturated carbocycles. The van der Waals surface area contributed by atoms with E-state index in [9.17, 15) is 19.8 Å². The van der Waals surface area contributed by atoms with E-state index in [4.69, 9.17) is 4.74 Å². The number of amides is 1. The average Bonchev–Trinajstić information content (AvgIpc) is 3.43. The van der Waals surface area contributed by atoms with Gasteiger partial charge in [0.25, 0.3) is 0 Å². The number of unbranched alkanes of at least 4 members (excludes halogenated alkanes) is 50. The standard InChI is InChI=1S/C71H135NO5/c1-3-5-7-9-11-13-15-17-19-21-22-23-24-25-26-29-32-35-39-43-47-51-55-59-63-69(74)68(67-73)72-70(75)64-60-56-52-48-44-40-36-33-30-27-28-31-34-38-42-46-50-54-58-62-66-77-71(76)65-61-57-53-49-45-41-37-20-18-16-14-12-10-8-6-4-2/h14,16,20,37,59,63,68-69,73-74H,3-13,15,17-19,21-36,38-58,60-62,64-67H2,1-2H3,(H,72,75)/b16-14-,37-20-,63-59+. The summed E-state index contributed by atoms with van der Waals surface area (Å²) in [5.41, 5.74) is 0. The van der Waals surface area contributed by atoms with Crippen molar-refractivity contribution in [2.45, 2.75) is 392 Å². The number of aliphatic hydroxyl groups excluding tert-OH is 2. The summed E-state index contributed by atoms with van der Waals surface area (Å²) in [7, 11) is 0. The van der Waals surface area contributed by atoms with Gasteiger partial charge in [-0.25, -0.2) is 0 Å². The van der Waals surface area contributed by atoms with E-state index >= 15 is 0 Å². The summed E-state index contributed by atoms with van der Waals surface area (Å²) in [6, 6.07) is -0.631. The zero-order chi connectivity index (χ0) is 55.7. The van der Waals surface area contributed by atoms with Gasteiger partial charge in [0.2, 0.25) is 5.91 Å². The highest BCUT2D eigenvalue weighted by atomic mass is 16.5. The molecule has 2 unspecified atom stereocenters. The molecular weight excluding hydrogens is 947 g/mol. The molecule has 0 saturated heterocycles. The molecule has 454 valence electrons. The van der Waals surface area contributed by atoms with Crippen LogP contribution in [0.25, 0.3) is 0 Å². The maximum absolute atomic E-state index is 12.5. The zero-order valence-corrected chi connectivity index (χ0v) is 52.0. The second-order valence-electron chi connectivity index (χ2n) is 23.9. The fraction of sp³-hybridized carbons (Fsp3) is 0.887. The van der Waals surface area contributed by atoms with Crippen molar-refractivity contribution < 1.29 is 24.5 Å². The molecule has 0 aromatic carbocycles. The molecule has 0 radical (unpaired) electrons. The Morgan fingerprint density at radius 3 is 1.00 bits per heavy atom. The van der Waals surface area contributed by atoms with Gasteiger partial charge in [-0.15, -0.1) is 0 Å². The third kappa shape index (κ3) is 63.1. The van der Waals surface area contributed by atoms with Crippen LogP contribution in [0.3, 0.4) is 0 Å². The van der Waals surface area contributed by atoms with Crippen molar-refractivity contribution in [1.29, 1.82) is 0 Å². The molecule has 0 aromatic rings. The molecule has 0 aliphatic heterocycles. The van der Waals surface area contributed by atoms with Gasteiger partial charge in [-0.05, 0) is 64.2 Å². The van der Waals surface area contributed by atoms with Crippen LogP contribution in [0.5, 0.6) is 0 Å². The van der Waals surface area contributed by atoms with Crippen LogP contribution >= 0.6 is 0 Å². The number of hydrogen-bond acceptors (Lipinski definition) is 5. The zero-order valence-electron chi connectivity index (χ0n) is 52.0. The number of esters is 1. The molecule has 6 nitrogen and oxygen atoms in total. The first kappa shape index (κ1) is 75.1. The molecule has 3 N–H and O–H groups in total. The minimum Gasteiger partial charge on any atom is -0.466 e. The van der Waals surface area contributed by atoms with E-state index in [-0.39, 0.29) is 18.5 Å². The summed E-state index contributed by atoms with van der Waals surface area (Å²) in [6.07, 6.45) is 84.9. The van der Waals surface area contributed by atoms with Crippen molar-refractivity contribution in [2.75, 3.05) is 13.2 Å². The second-order valence-corrected chi connectivity index (χ2v) is 23.9. The number of carbonyl (C=O) groups is 2. The first-order valence-corrected chi connectivity index (χ1v) is 34.8. The van der Waals surface area contributed by atoms with Crippen LogP contribution in [0, 0.1) is 0 Å². The number of nitrogens with one attached hydrogen (secondary N) is 1. The lowest BCUT2D eigenvalue weighted by atomic mass is 10.0. The maximum atomic E-state index is 12.5. The third-order valence-corrected chi connectivity index (χ3v) is 16.2. The highest BCUT2D eigenvalue weighted by Gasteiger charge is 2.18. The number of rotatable bonds is 65. The molecule has 0 bridgehead atoms. The SMILES string of the molecule is CCCCCC/C=C\C/C=C\CCCCCCCC(=O)OCCCCCCCCCCCCCCCCCCCCCCC(=O)NC(CO)C(O)/C=C/CCCCCCCCCCCCCCCCCCCCCCCC. The van der Waals surface area contributed by atoms with E-state index < -0.39 is 12.1 Å². The fourth-order valence-corrected chi connectivity index (χ4v) is 10.8. The molecule has 0 fully saturated rings. The van der Waals surface area contributed by atoms with E-state index in [0.717, 1.165) is 51.4 Å². The number of carbonyl (C=O) groups excluding carboxylic acids is 2. The van der Waals surface area contributed by atoms with E-state index in [1.54, 1.807) is 6.08 Å².